The van der Waals surface area contributed by atoms with Crippen molar-refractivity contribution in [3.63, 3.8) is 0 Å². The van der Waals surface area contributed by atoms with Gasteiger partial charge in [0.05, 0.1) is 11.8 Å². The van der Waals surface area contributed by atoms with Crippen LogP contribution in [0.3, 0.4) is 0 Å². The van der Waals surface area contributed by atoms with Gasteiger partial charge in [-0.2, -0.15) is 0 Å². The largest absolute Gasteiger partial charge is 0.356 e. The third kappa shape index (κ3) is 7.49. The van der Waals surface area contributed by atoms with E-state index in [9.17, 15) is 13.2 Å². The van der Waals surface area contributed by atoms with Gasteiger partial charge in [-0.05, 0) is 33.1 Å². The highest BCUT2D eigenvalue weighted by atomic mass is 127. The van der Waals surface area contributed by atoms with Crippen molar-refractivity contribution in [2.24, 2.45) is 4.99 Å². The second kappa shape index (κ2) is 13.0. The minimum Gasteiger partial charge on any atom is -0.356 e. The number of likely N-dealkylation sites (tertiary alicyclic amines) is 1. The number of carbonyl (C=O) groups excluding carboxylic acids is 1. The Balaban J connectivity index is 0.00000450. The Morgan fingerprint density at radius 1 is 1.10 bits per heavy atom. The van der Waals surface area contributed by atoms with Gasteiger partial charge in [0.1, 0.15) is 0 Å². The van der Waals surface area contributed by atoms with Crippen LogP contribution in [0, 0.1) is 0 Å². The maximum atomic E-state index is 12.6. The first-order chi connectivity index (χ1) is 13.8. The monoisotopic (exact) mass is 558 g/mol. The summed E-state index contributed by atoms with van der Waals surface area (Å²) in [7, 11) is 0.264. The molecule has 0 saturated carbocycles. The highest BCUT2D eigenvalue weighted by Gasteiger charge is 2.30. The van der Waals surface area contributed by atoms with E-state index in [4.69, 9.17) is 0 Å². The van der Waals surface area contributed by atoms with Crippen LogP contribution in [-0.2, 0) is 14.8 Å². The molecule has 9 nitrogen and oxygen atoms in total. The first-order valence-electron chi connectivity index (χ1n) is 10.7. The number of nitrogens with one attached hydrogen (secondary N) is 1. The summed E-state index contributed by atoms with van der Waals surface area (Å²) in [6.07, 6.45) is 2.96. The molecule has 0 bridgehead atoms. The van der Waals surface area contributed by atoms with Gasteiger partial charge in [-0.25, -0.2) is 12.7 Å². The number of sulfonamides is 1. The molecule has 0 spiro atoms. The molecule has 0 radical (unpaired) electrons. The number of guanidine groups is 1. The fourth-order valence-corrected chi connectivity index (χ4v) is 4.72. The Hall–Kier alpha value is -0.660. The molecule has 0 aromatic heterocycles. The maximum Gasteiger partial charge on any atom is 0.239 e. The first kappa shape index (κ1) is 27.4. The van der Waals surface area contributed by atoms with Crippen LogP contribution < -0.4 is 5.32 Å². The lowest BCUT2D eigenvalue weighted by atomic mass is 10.2. The van der Waals surface area contributed by atoms with Crippen molar-refractivity contribution in [1.29, 1.82) is 0 Å². The summed E-state index contributed by atoms with van der Waals surface area (Å²) in [6, 6.07) is -0.0683. The number of piperazine rings is 1. The summed E-state index contributed by atoms with van der Waals surface area (Å²) in [5, 5.41) is 3.34. The fraction of sp³-hybridized carbons (Fsp3) is 0.895. The third-order valence-electron chi connectivity index (χ3n) is 5.92. The van der Waals surface area contributed by atoms with Gasteiger partial charge >= 0.3 is 0 Å². The molecule has 1 unspecified atom stereocenters. The van der Waals surface area contributed by atoms with Crippen molar-refractivity contribution in [1.82, 2.24) is 24.3 Å². The second-order valence-corrected chi connectivity index (χ2v) is 10.1. The van der Waals surface area contributed by atoms with Crippen molar-refractivity contribution >= 4 is 45.9 Å². The number of nitrogens with zero attached hydrogens (tertiary/aromatic N) is 5. The van der Waals surface area contributed by atoms with E-state index in [1.54, 1.807) is 21.0 Å². The van der Waals surface area contributed by atoms with Gasteiger partial charge < -0.3 is 15.1 Å². The zero-order valence-corrected chi connectivity index (χ0v) is 22.0. The molecule has 2 rings (SSSR count). The molecule has 2 fully saturated rings. The van der Waals surface area contributed by atoms with E-state index >= 15 is 0 Å². The molecule has 1 atom stereocenters. The Morgan fingerprint density at radius 3 is 2.23 bits per heavy atom. The lowest BCUT2D eigenvalue weighted by molar-refractivity contribution is -0.135. The van der Waals surface area contributed by atoms with Crippen LogP contribution in [0.25, 0.3) is 0 Å². The minimum absolute atomic E-state index is 0. The van der Waals surface area contributed by atoms with Crippen LogP contribution in [0.1, 0.15) is 33.1 Å². The van der Waals surface area contributed by atoms with Crippen LogP contribution in [0.2, 0.25) is 0 Å². The fourth-order valence-electron chi connectivity index (χ4n) is 3.87. The van der Waals surface area contributed by atoms with E-state index in [-0.39, 0.29) is 41.7 Å². The highest BCUT2D eigenvalue weighted by molar-refractivity contribution is 14.0. The van der Waals surface area contributed by atoms with Crippen molar-refractivity contribution in [2.45, 2.75) is 39.2 Å². The summed E-state index contributed by atoms with van der Waals surface area (Å²) in [4.78, 5) is 23.4. The third-order valence-corrected chi connectivity index (χ3v) is 7.78. The van der Waals surface area contributed by atoms with E-state index < -0.39 is 10.0 Å². The first-order valence-corrected chi connectivity index (χ1v) is 12.3. The van der Waals surface area contributed by atoms with Crippen molar-refractivity contribution < 1.29 is 13.2 Å². The molecule has 2 heterocycles. The molecule has 0 aromatic carbocycles. The zero-order chi connectivity index (χ0) is 21.4. The topological polar surface area (TPSA) is 88.6 Å². The molecule has 0 aliphatic carbocycles. The quantitative estimate of drug-likeness (QED) is 0.202. The number of amides is 1. The maximum absolute atomic E-state index is 12.6. The molecule has 2 aliphatic heterocycles. The number of hydrogen-bond donors (Lipinski definition) is 1. The molecule has 2 aliphatic rings. The smallest absolute Gasteiger partial charge is 0.239 e. The number of hydrogen-bond acceptors (Lipinski definition) is 5. The highest BCUT2D eigenvalue weighted by Crippen LogP contribution is 2.14. The van der Waals surface area contributed by atoms with E-state index in [2.05, 4.69) is 20.1 Å². The van der Waals surface area contributed by atoms with Gasteiger partial charge in [0.25, 0.3) is 0 Å². The predicted molar refractivity (Wildman–Crippen MR) is 132 cm³/mol. The van der Waals surface area contributed by atoms with Gasteiger partial charge in [0, 0.05) is 66.5 Å². The van der Waals surface area contributed by atoms with Gasteiger partial charge in [-0.3, -0.25) is 14.7 Å². The molecular formula is C19H39IN6O3S. The molecule has 1 N–H and O–H groups in total. The lowest BCUT2D eigenvalue weighted by Crippen LogP contribution is -2.57. The SMILES string of the molecule is CCS(=O)(=O)N(C)CCCNC(=NC)N1CCN(C(C)C(=O)N2CCCC2)CC1.I. The molecule has 30 heavy (non-hydrogen) atoms. The van der Waals surface area contributed by atoms with E-state index in [0.717, 1.165) is 64.5 Å². The Bertz CT molecular complexity index is 661. The van der Waals surface area contributed by atoms with Crippen LogP contribution in [0.4, 0.5) is 0 Å². The van der Waals surface area contributed by atoms with Crippen molar-refractivity contribution in [2.75, 3.05) is 72.2 Å². The second-order valence-electron chi connectivity index (χ2n) is 7.78. The summed E-state index contributed by atoms with van der Waals surface area (Å²) in [6.45, 7) is 9.93. The van der Waals surface area contributed by atoms with Gasteiger partial charge in [0.2, 0.25) is 15.9 Å². The van der Waals surface area contributed by atoms with Crippen LogP contribution in [0.5, 0.6) is 0 Å². The van der Waals surface area contributed by atoms with Crippen LogP contribution >= 0.6 is 24.0 Å². The number of aliphatic imine (C=N–C) groups is 1. The van der Waals surface area contributed by atoms with Gasteiger partial charge in [-0.1, -0.05) is 0 Å². The normalized spacial score (nSPS) is 19.7. The Kier molecular flexibility index (Phi) is 11.9. The zero-order valence-electron chi connectivity index (χ0n) is 18.8. The molecule has 11 heteroatoms. The molecular weight excluding hydrogens is 519 g/mol. The summed E-state index contributed by atoms with van der Waals surface area (Å²) in [5.41, 5.74) is 0. The van der Waals surface area contributed by atoms with Crippen molar-refractivity contribution in [3.05, 3.63) is 0 Å². The molecule has 176 valence electrons. The Labute approximate surface area is 199 Å². The Morgan fingerprint density at radius 2 is 1.70 bits per heavy atom. The van der Waals surface area contributed by atoms with E-state index in [1.807, 2.05) is 11.8 Å². The average molecular weight is 559 g/mol. The van der Waals surface area contributed by atoms with Gasteiger partial charge in [-0.15, -0.1) is 24.0 Å². The summed E-state index contributed by atoms with van der Waals surface area (Å²) < 4.78 is 25.0. The van der Waals surface area contributed by atoms with E-state index in [0.29, 0.717) is 13.1 Å². The number of halogens is 1. The van der Waals surface area contributed by atoms with Crippen LogP contribution in [0.15, 0.2) is 4.99 Å². The minimum atomic E-state index is -3.12. The summed E-state index contributed by atoms with van der Waals surface area (Å²) >= 11 is 0. The molecule has 2 saturated heterocycles. The average Bonchev–Trinajstić information content (AvgIpc) is 3.27. The van der Waals surface area contributed by atoms with Gasteiger partial charge in [0.15, 0.2) is 5.96 Å². The molecule has 1 amide bonds. The number of carbonyl (C=O) groups is 1. The van der Waals surface area contributed by atoms with Crippen molar-refractivity contribution in [3.8, 4) is 0 Å². The lowest BCUT2D eigenvalue weighted by Gasteiger charge is -2.39. The standard InChI is InChI=1S/C19H38N6O3S.HI/c1-5-29(27,28)22(4)10-8-9-21-19(20-3)25-15-13-23(14-16-25)17(2)18(26)24-11-6-7-12-24;/h17H,5-16H2,1-4H3,(H,20,21);1H. The summed E-state index contributed by atoms with van der Waals surface area (Å²) in [5.74, 6) is 1.22. The van der Waals surface area contributed by atoms with Crippen LogP contribution in [-0.4, -0.2) is 118 Å². The number of rotatable bonds is 8. The molecule has 0 aromatic rings. The van der Waals surface area contributed by atoms with E-state index in [1.165, 1.54) is 4.31 Å². The predicted octanol–water partition coefficient (Wildman–Crippen LogP) is 0.480.